The van der Waals surface area contributed by atoms with E-state index >= 15 is 0 Å². The normalized spacial score (nSPS) is 19.4. The minimum absolute atomic E-state index is 0.0628. The summed E-state index contributed by atoms with van der Waals surface area (Å²) in [6.45, 7) is 5.48. The fourth-order valence-electron chi connectivity index (χ4n) is 5.33. The minimum Gasteiger partial charge on any atom is -0.480 e. The van der Waals surface area contributed by atoms with E-state index in [1.54, 1.807) is 0 Å². The number of nitrogens with two attached hydrogens (primary N) is 1. The summed E-state index contributed by atoms with van der Waals surface area (Å²) in [6.07, 6.45) is 5.67. The molecule has 0 bridgehead atoms. The predicted octanol–water partition coefficient (Wildman–Crippen LogP) is 2.81. The van der Waals surface area contributed by atoms with E-state index in [9.17, 15) is 14.7 Å². The fourth-order valence-corrected chi connectivity index (χ4v) is 5.33. The molecular formula is C25H35N5O3. The molecule has 2 atom stereocenters. The van der Waals surface area contributed by atoms with Gasteiger partial charge in [0.15, 0.2) is 0 Å². The number of nitrogens with zero attached hydrogens (tertiary/aromatic N) is 3. The summed E-state index contributed by atoms with van der Waals surface area (Å²) >= 11 is 0. The molecule has 1 aromatic heterocycles. The average molecular weight is 454 g/mol. The van der Waals surface area contributed by atoms with E-state index in [0.29, 0.717) is 0 Å². The maximum absolute atomic E-state index is 13.3. The molecule has 8 nitrogen and oxygen atoms in total. The number of aromatic nitrogens is 1. The Morgan fingerprint density at radius 3 is 2.67 bits per heavy atom. The van der Waals surface area contributed by atoms with Gasteiger partial charge in [-0.3, -0.25) is 19.9 Å². The van der Waals surface area contributed by atoms with Crippen molar-refractivity contribution in [2.75, 3.05) is 13.1 Å². The molecule has 0 spiro atoms. The minimum atomic E-state index is -0.875. The molecule has 178 valence electrons. The smallest absolute Gasteiger partial charge is 0.317 e. The highest BCUT2D eigenvalue weighted by atomic mass is 16.4. The number of nitrogen functional groups attached to an aromatic ring is 1. The number of amides is 1. The number of fused-ring (bicyclic) bond motifs is 1. The molecule has 2 aromatic rings. The molecule has 33 heavy (non-hydrogen) atoms. The van der Waals surface area contributed by atoms with Crippen LogP contribution in [0.4, 0.5) is 0 Å². The van der Waals surface area contributed by atoms with Crippen LogP contribution in [-0.4, -0.2) is 68.4 Å². The molecule has 1 amide bonds. The van der Waals surface area contributed by atoms with Crippen LogP contribution in [0.5, 0.6) is 0 Å². The van der Waals surface area contributed by atoms with Gasteiger partial charge in [0.05, 0.1) is 12.6 Å². The van der Waals surface area contributed by atoms with E-state index in [0.717, 1.165) is 68.1 Å². The first-order valence-corrected chi connectivity index (χ1v) is 12.0. The van der Waals surface area contributed by atoms with Gasteiger partial charge >= 0.3 is 5.97 Å². The second kappa shape index (κ2) is 9.55. The second-order valence-corrected chi connectivity index (χ2v) is 9.41. The third kappa shape index (κ3) is 4.90. The van der Waals surface area contributed by atoms with E-state index in [2.05, 4.69) is 17.6 Å². The Morgan fingerprint density at radius 1 is 1.27 bits per heavy atom. The van der Waals surface area contributed by atoms with E-state index in [-0.39, 0.29) is 30.4 Å². The molecule has 1 saturated heterocycles. The van der Waals surface area contributed by atoms with Gasteiger partial charge in [0.25, 0.3) is 0 Å². The van der Waals surface area contributed by atoms with Crippen LogP contribution >= 0.6 is 0 Å². The van der Waals surface area contributed by atoms with Crippen molar-refractivity contribution in [3.63, 3.8) is 0 Å². The van der Waals surface area contributed by atoms with E-state index in [1.807, 2.05) is 34.9 Å². The van der Waals surface area contributed by atoms with Crippen LogP contribution in [0.2, 0.25) is 0 Å². The highest BCUT2D eigenvalue weighted by Crippen LogP contribution is 2.31. The Bertz CT molecular complexity index is 1060. The van der Waals surface area contributed by atoms with Gasteiger partial charge in [0.1, 0.15) is 5.84 Å². The van der Waals surface area contributed by atoms with Gasteiger partial charge < -0.3 is 20.3 Å². The monoisotopic (exact) mass is 453 g/mol. The number of carboxylic acids is 1. The summed E-state index contributed by atoms with van der Waals surface area (Å²) in [6, 6.07) is 8.09. The SMILES string of the molecule is CCn1c(CC[C@@H]2CCCN2C(=O)C(C)N(CC(=O)O)C2CC2)cc2ccc(C(=N)N)cc21. The lowest BCUT2D eigenvalue weighted by atomic mass is 10.1. The summed E-state index contributed by atoms with van der Waals surface area (Å²) in [7, 11) is 0. The first-order chi connectivity index (χ1) is 15.8. The zero-order valence-electron chi connectivity index (χ0n) is 19.6. The number of hydrogen-bond acceptors (Lipinski definition) is 4. The van der Waals surface area contributed by atoms with Crippen LogP contribution in [0.3, 0.4) is 0 Å². The Labute approximate surface area is 194 Å². The van der Waals surface area contributed by atoms with E-state index in [1.165, 1.54) is 5.69 Å². The van der Waals surface area contributed by atoms with Crippen LogP contribution in [0.15, 0.2) is 24.3 Å². The topological polar surface area (TPSA) is 116 Å². The number of benzene rings is 1. The molecule has 1 aliphatic carbocycles. The van der Waals surface area contributed by atoms with Gasteiger partial charge in [-0.2, -0.15) is 0 Å². The molecule has 1 saturated carbocycles. The molecule has 2 heterocycles. The molecule has 1 aromatic carbocycles. The number of amidine groups is 1. The molecule has 2 aliphatic rings. The van der Waals surface area contributed by atoms with E-state index in [4.69, 9.17) is 11.1 Å². The number of rotatable bonds is 10. The molecule has 0 radical (unpaired) electrons. The predicted molar refractivity (Wildman–Crippen MR) is 129 cm³/mol. The van der Waals surface area contributed by atoms with Crippen molar-refractivity contribution < 1.29 is 14.7 Å². The summed E-state index contributed by atoms with van der Waals surface area (Å²) in [5, 5.41) is 18.2. The van der Waals surface area contributed by atoms with Gasteiger partial charge in [0, 0.05) is 41.9 Å². The van der Waals surface area contributed by atoms with Crippen molar-refractivity contribution >= 4 is 28.6 Å². The Hall–Kier alpha value is -2.87. The number of nitrogens with one attached hydrogen (secondary N) is 1. The van der Waals surface area contributed by atoms with Crippen LogP contribution in [0, 0.1) is 5.41 Å². The molecule has 4 N–H and O–H groups in total. The molecule has 1 unspecified atom stereocenters. The van der Waals surface area contributed by atoms with E-state index < -0.39 is 12.0 Å². The largest absolute Gasteiger partial charge is 0.480 e. The number of aryl methyl sites for hydroxylation is 2. The quantitative estimate of drug-likeness (QED) is 0.378. The lowest BCUT2D eigenvalue weighted by Crippen LogP contribution is -2.51. The third-order valence-electron chi connectivity index (χ3n) is 7.20. The summed E-state index contributed by atoms with van der Waals surface area (Å²) in [5.41, 5.74) is 8.72. The van der Waals surface area contributed by atoms with Crippen LogP contribution in [-0.2, 0) is 22.6 Å². The van der Waals surface area contributed by atoms with Crippen molar-refractivity contribution in [3.05, 3.63) is 35.5 Å². The average Bonchev–Trinajstić information content (AvgIpc) is 3.41. The van der Waals surface area contributed by atoms with Gasteiger partial charge in [-0.05, 0) is 69.9 Å². The van der Waals surface area contributed by atoms with Crippen molar-refractivity contribution in [3.8, 4) is 0 Å². The zero-order valence-corrected chi connectivity index (χ0v) is 19.6. The first kappa shape index (κ1) is 23.3. The second-order valence-electron chi connectivity index (χ2n) is 9.41. The third-order valence-corrected chi connectivity index (χ3v) is 7.20. The zero-order chi connectivity index (χ0) is 23.7. The van der Waals surface area contributed by atoms with Gasteiger partial charge in [-0.15, -0.1) is 0 Å². The van der Waals surface area contributed by atoms with Crippen molar-refractivity contribution in [2.24, 2.45) is 5.73 Å². The standard InChI is InChI=1S/C25H35N5O3/c1-3-28-21(13-17-6-7-18(24(26)27)14-22(17)28)11-10-19-5-4-12-29(19)25(33)16(2)30(15-23(31)32)20-8-9-20/h6-7,13-14,16,19-20H,3-5,8-12,15H2,1-2H3,(H3,26,27)(H,31,32)/t16?,19-/m0/s1. The number of likely N-dealkylation sites (tertiary alicyclic amines) is 1. The lowest BCUT2D eigenvalue weighted by molar-refractivity contribution is -0.143. The molecule has 2 fully saturated rings. The Balaban J connectivity index is 1.46. The molecular weight excluding hydrogens is 418 g/mol. The van der Waals surface area contributed by atoms with Crippen molar-refractivity contribution in [1.29, 1.82) is 5.41 Å². The molecule has 1 aliphatic heterocycles. The highest BCUT2D eigenvalue weighted by molar-refractivity contribution is 5.98. The summed E-state index contributed by atoms with van der Waals surface area (Å²) in [4.78, 5) is 28.5. The molecule has 4 rings (SSSR count). The number of carbonyl (C=O) groups is 2. The number of aliphatic carboxylic acids is 1. The summed E-state index contributed by atoms with van der Waals surface area (Å²) in [5.74, 6) is -0.743. The number of carbonyl (C=O) groups excluding carboxylic acids is 1. The van der Waals surface area contributed by atoms with Gasteiger partial charge in [0.2, 0.25) is 5.91 Å². The fraction of sp³-hybridized carbons (Fsp3) is 0.560. The summed E-state index contributed by atoms with van der Waals surface area (Å²) < 4.78 is 2.27. The first-order valence-electron chi connectivity index (χ1n) is 12.0. The highest BCUT2D eigenvalue weighted by Gasteiger charge is 2.39. The number of carboxylic acid groups (broad SMARTS) is 1. The van der Waals surface area contributed by atoms with Gasteiger partial charge in [-0.1, -0.05) is 12.1 Å². The molecule has 8 heteroatoms. The maximum Gasteiger partial charge on any atom is 0.317 e. The van der Waals surface area contributed by atoms with Crippen LogP contribution in [0.25, 0.3) is 10.9 Å². The van der Waals surface area contributed by atoms with Crippen molar-refractivity contribution in [2.45, 2.75) is 77.0 Å². The lowest BCUT2D eigenvalue weighted by Gasteiger charge is -2.33. The maximum atomic E-state index is 13.3. The van der Waals surface area contributed by atoms with Crippen molar-refractivity contribution in [1.82, 2.24) is 14.4 Å². The van der Waals surface area contributed by atoms with Crippen LogP contribution < -0.4 is 5.73 Å². The van der Waals surface area contributed by atoms with Gasteiger partial charge in [-0.25, -0.2) is 0 Å². The van der Waals surface area contributed by atoms with Crippen LogP contribution in [0.1, 0.15) is 57.2 Å². The Kier molecular flexibility index (Phi) is 6.74. The number of hydrogen-bond donors (Lipinski definition) is 3. The Morgan fingerprint density at radius 2 is 2.03 bits per heavy atom.